The van der Waals surface area contributed by atoms with E-state index in [-0.39, 0.29) is 31.6 Å². The second-order valence-corrected chi connectivity index (χ2v) is 12.3. The number of ether oxygens (including phenoxy) is 2. The highest BCUT2D eigenvalue weighted by atomic mass is 35.5. The van der Waals surface area contributed by atoms with Crippen LogP contribution in [-0.4, -0.2) is 10.7 Å². The van der Waals surface area contributed by atoms with E-state index >= 15 is 0 Å². The third-order valence-corrected chi connectivity index (χ3v) is 10.2. The molecule has 1 aliphatic carbocycles. The van der Waals surface area contributed by atoms with Crippen LogP contribution in [0.25, 0.3) is 11.1 Å². The van der Waals surface area contributed by atoms with E-state index in [1.165, 1.54) is 0 Å². The van der Waals surface area contributed by atoms with Gasteiger partial charge in [-0.05, 0) is 18.1 Å². The fraction of sp³-hybridized carbons (Fsp3) is 0.111. The fourth-order valence-electron chi connectivity index (χ4n) is 6.77. The first kappa shape index (κ1) is 28.3. The van der Waals surface area contributed by atoms with Gasteiger partial charge in [-0.25, -0.2) is 0 Å². The van der Waals surface area contributed by atoms with Crippen molar-refractivity contribution in [2.45, 2.75) is 23.7 Å². The zero-order valence-corrected chi connectivity index (χ0v) is 25.8. The summed E-state index contributed by atoms with van der Waals surface area (Å²) in [4.78, 5) is 0. The molecule has 0 saturated carbocycles. The lowest BCUT2D eigenvalue weighted by Gasteiger charge is -2.55. The van der Waals surface area contributed by atoms with Crippen LogP contribution in [0.2, 0.25) is 20.1 Å². The molecular weight excluding hydrogens is 622 g/mol. The largest absolute Gasteiger partial charge is 0.469 e. The molecule has 3 nitrogen and oxygen atoms in total. The van der Waals surface area contributed by atoms with Gasteiger partial charge in [0.25, 0.3) is 0 Å². The molecule has 1 heterocycles. The van der Waals surface area contributed by atoms with E-state index in [0.717, 1.165) is 16.7 Å². The number of halogens is 4. The van der Waals surface area contributed by atoms with Crippen molar-refractivity contribution < 1.29 is 14.6 Å². The van der Waals surface area contributed by atoms with Crippen LogP contribution in [0.3, 0.4) is 0 Å². The fourth-order valence-corrected chi connectivity index (χ4v) is 7.66. The Hall–Kier alpha value is -3.44. The standard InChI is InChI=1S/C36H24Cl4O3/c1-34(41)26(22-14-6-2-7-15-22)27(23-16-8-3-9-17-23)35(24-18-10-4-11-19-24)36(34,25-20-12-5-13-21-25)43-33-31(40)29(38)28(37)30(39)32(33)42-35/h2-21,41H,1H3/t34-,35+,36-/m0/s1. The van der Waals surface area contributed by atoms with Gasteiger partial charge in [0.1, 0.15) is 15.6 Å². The van der Waals surface area contributed by atoms with Crippen molar-refractivity contribution in [3.8, 4) is 11.5 Å². The van der Waals surface area contributed by atoms with Gasteiger partial charge in [0.2, 0.25) is 11.2 Å². The Balaban J connectivity index is 1.74. The molecule has 1 N–H and O–H groups in total. The molecule has 0 saturated heterocycles. The molecule has 0 aromatic heterocycles. The van der Waals surface area contributed by atoms with Crippen molar-refractivity contribution in [1.82, 2.24) is 0 Å². The van der Waals surface area contributed by atoms with Crippen LogP contribution in [-0.2, 0) is 11.2 Å². The summed E-state index contributed by atoms with van der Waals surface area (Å²) in [5.74, 6) is 0.230. The topological polar surface area (TPSA) is 38.7 Å². The molecule has 43 heavy (non-hydrogen) atoms. The van der Waals surface area contributed by atoms with Crippen LogP contribution in [0.4, 0.5) is 0 Å². The molecule has 7 heteroatoms. The maximum absolute atomic E-state index is 13.3. The molecular formula is C36H24Cl4O3. The summed E-state index contributed by atoms with van der Waals surface area (Å²) in [6.07, 6.45) is 0. The third kappa shape index (κ3) is 3.79. The summed E-state index contributed by atoms with van der Waals surface area (Å²) in [7, 11) is 0. The molecule has 0 radical (unpaired) electrons. The van der Waals surface area contributed by atoms with Crippen LogP contribution in [0.1, 0.15) is 29.2 Å². The van der Waals surface area contributed by atoms with Gasteiger partial charge in [-0.2, -0.15) is 0 Å². The Bertz CT molecular complexity index is 1880. The summed E-state index contributed by atoms with van der Waals surface area (Å²) in [6, 6.07) is 38.9. The lowest BCUT2D eigenvalue weighted by molar-refractivity contribution is -0.189. The van der Waals surface area contributed by atoms with E-state index in [2.05, 4.69) is 0 Å². The first-order chi connectivity index (χ1) is 20.8. The second kappa shape index (κ2) is 10.3. The van der Waals surface area contributed by atoms with Crippen LogP contribution < -0.4 is 9.47 Å². The summed E-state index contributed by atoms with van der Waals surface area (Å²) in [5, 5.41) is 13.4. The number of rotatable bonds is 4. The van der Waals surface area contributed by atoms with E-state index in [0.29, 0.717) is 16.7 Å². The predicted octanol–water partition coefficient (Wildman–Crippen LogP) is 10.2. The quantitative estimate of drug-likeness (QED) is 0.156. The van der Waals surface area contributed by atoms with Crippen LogP contribution >= 0.6 is 46.4 Å². The molecule has 0 fully saturated rings. The highest BCUT2D eigenvalue weighted by molar-refractivity contribution is 6.53. The monoisotopic (exact) mass is 644 g/mol. The Morgan fingerprint density at radius 2 is 0.884 bits per heavy atom. The zero-order chi connectivity index (χ0) is 30.0. The van der Waals surface area contributed by atoms with E-state index in [9.17, 15) is 5.11 Å². The SMILES string of the molecule is C[C@]1(O)C(c2ccccc2)=C(c2ccccc2)[C@@]2(c3ccccc3)Oc3c(Cl)c(Cl)c(Cl)c(Cl)c3O[C@@]12c1ccccc1. The number of hydrogen-bond donors (Lipinski definition) is 1. The van der Waals surface area contributed by atoms with Crippen molar-refractivity contribution in [3.63, 3.8) is 0 Å². The maximum Gasteiger partial charge on any atom is 0.214 e. The van der Waals surface area contributed by atoms with Crippen molar-refractivity contribution in [2.24, 2.45) is 0 Å². The molecule has 0 unspecified atom stereocenters. The van der Waals surface area contributed by atoms with Crippen molar-refractivity contribution in [1.29, 1.82) is 0 Å². The average molecular weight is 646 g/mol. The summed E-state index contributed by atoms with van der Waals surface area (Å²) >= 11 is 26.9. The molecule has 5 aromatic carbocycles. The summed E-state index contributed by atoms with van der Waals surface area (Å²) in [6.45, 7) is 1.76. The number of hydrogen-bond acceptors (Lipinski definition) is 3. The lowest BCUT2D eigenvalue weighted by atomic mass is 9.65. The third-order valence-electron chi connectivity index (χ3n) is 8.45. The Morgan fingerprint density at radius 1 is 0.488 bits per heavy atom. The maximum atomic E-state index is 13.3. The van der Waals surface area contributed by atoms with Crippen molar-refractivity contribution in [2.75, 3.05) is 0 Å². The van der Waals surface area contributed by atoms with Crippen LogP contribution in [0.5, 0.6) is 11.5 Å². The molecule has 0 bridgehead atoms. The molecule has 3 atom stereocenters. The minimum absolute atomic E-state index is 0.0308. The molecule has 2 aliphatic rings. The zero-order valence-electron chi connectivity index (χ0n) is 22.8. The molecule has 0 amide bonds. The van der Waals surface area contributed by atoms with Gasteiger partial charge in [-0.3, -0.25) is 0 Å². The first-order valence-electron chi connectivity index (χ1n) is 13.7. The summed E-state index contributed by atoms with van der Waals surface area (Å²) < 4.78 is 14.5. The Kier molecular flexibility index (Phi) is 6.81. The second-order valence-electron chi connectivity index (χ2n) is 10.8. The highest BCUT2D eigenvalue weighted by Crippen LogP contribution is 2.72. The lowest BCUT2D eigenvalue weighted by Crippen LogP contribution is -2.65. The normalized spacial score (nSPS) is 24.1. The molecule has 214 valence electrons. The molecule has 7 rings (SSSR count). The van der Waals surface area contributed by atoms with Crippen LogP contribution in [0, 0.1) is 0 Å². The van der Waals surface area contributed by atoms with Crippen molar-refractivity contribution >= 4 is 57.5 Å². The summed E-state index contributed by atoms with van der Waals surface area (Å²) in [5.41, 5.74) is -0.518. The van der Waals surface area contributed by atoms with Gasteiger partial charge in [-0.1, -0.05) is 168 Å². The highest BCUT2D eigenvalue weighted by Gasteiger charge is 2.77. The number of aliphatic hydroxyl groups is 1. The minimum Gasteiger partial charge on any atom is -0.469 e. The molecule has 1 aliphatic heterocycles. The van der Waals surface area contributed by atoms with E-state index in [4.69, 9.17) is 55.9 Å². The van der Waals surface area contributed by atoms with Gasteiger partial charge in [-0.15, -0.1) is 0 Å². The van der Waals surface area contributed by atoms with E-state index in [1.807, 2.05) is 121 Å². The Labute approximate surface area is 269 Å². The predicted molar refractivity (Wildman–Crippen MR) is 174 cm³/mol. The van der Waals surface area contributed by atoms with Crippen LogP contribution in [0.15, 0.2) is 121 Å². The van der Waals surface area contributed by atoms with E-state index in [1.54, 1.807) is 6.92 Å². The van der Waals surface area contributed by atoms with Gasteiger partial charge in [0.15, 0.2) is 11.5 Å². The van der Waals surface area contributed by atoms with Gasteiger partial charge < -0.3 is 14.6 Å². The molecule has 0 spiro atoms. The first-order valence-corrected chi connectivity index (χ1v) is 15.2. The van der Waals surface area contributed by atoms with Crippen molar-refractivity contribution in [3.05, 3.63) is 164 Å². The van der Waals surface area contributed by atoms with E-state index < -0.39 is 16.8 Å². The smallest absolute Gasteiger partial charge is 0.214 e. The van der Waals surface area contributed by atoms with Gasteiger partial charge in [0, 0.05) is 22.3 Å². The van der Waals surface area contributed by atoms with Gasteiger partial charge in [0.05, 0.1) is 10.0 Å². The molecule has 5 aromatic rings. The van der Waals surface area contributed by atoms with Gasteiger partial charge >= 0.3 is 0 Å². The number of benzene rings is 5. The number of fused-ring (bicyclic) bond motifs is 2. The minimum atomic E-state index is -1.73. The Morgan fingerprint density at radius 3 is 1.37 bits per heavy atom. The average Bonchev–Trinajstić information content (AvgIpc) is 3.24.